The van der Waals surface area contributed by atoms with Crippen LogP contribution in [-0.4, -0.2) is 39.7 Å². The molecule has 0 fully saturated rings. The van der Waals surface area contributed by atoms with Gasteiger partial charge in [-0.15, -0.1) is 0 Å². The van der Waals surface area contributed by atoms with Crippen molar-refractivity contribution >= 4 is 29.1 Å². The van der Waals surface area contributed by atoms with Crippen LogP contribution in [0.1, 0.15) is 18.9 Å². The van der Waals surface area contributed by atoms with Crippen LogP contribution in [0.25, 0.3) is 5.69 Å². The Morgan fingerprint density at radius 2 is 2.00 bits per heavy atom. The van der Waals surface area contributed by atoms with E-state index in [2.05, 4.69) is 15.4 Å². The first-order valence-electron chi connectivity index (χ1n) is 9.45. The highest BCUT2D eigenvalue weighted by Gasteiger charge is 2.20. The second-order valence-corrected chi connectivity index (χ2v) is 6.86. The van der Waals surface area contributed by atoms with Gasteiger partial charge in [0.25, 0.3) is 0 Å². The summed E-state index contributed by atoms with van der Waals surface area (Å²) in [4.78, 5) is 30.3. The monoisotopic (exact) mass is 429 g/mol. The third kappa shape index (κ3) is 5.42. The summed E-state index contributed by atoms with van der Waals surface area (Å²) in [5.74, 6) is -0.776. The maximum absolute atomic E-state index is 12.9. The minimum atomic E-state index is -0.352. The number of hydrogen-bond donors (Lipinski definition) is 1. The second kappa shape index (κ2) is 9.98. The molecule has 0 saturated heterocycles. The van der Waals surface area contributed by atoms with Crippen LogP contribution in [0.5, 0.6) is 0 Å². The Morgan fingerprint density at radius 3 is 2.67 bits per heavy atom. The van der Waals surface area contributed by atoms with Crippen molar-refractivity contribution in [3.63, 3.8) is 0 Å². The van der Waals surface area contributed by atoms with Crippen LogP contribution in [0.2, 0.25) is 5.15 Å². The maximum atomic E-state index is 12.9. The fourth-order valence-electron chi connectivity index (χ4n) is 2.92. The molecule has 0 spiro atoms. The molecule has 0 atom stereocenters. The first kappa shape index (κ1) is 21.4. The maximum Gasteiger partial charge on any atom is 0.228 e. The number of carbonyl (C=O) groups is 2. The average molecular weight is 430 g/mol. The van der Waals surface area contributed by atoms with E-state index in [9.17, 15) is 14.0 Å². The zero-order valence-corrected chi connectivity index (χ0v) is 17.1. The van der Waals surface area contributed by atoms with Crippen LogP contribution in [0, 0.1) is 5.82 Å². The van der Waals surface area contributed by atoms with Crippen molar-refractivity contribution in [1.82, 2.24) is 20.1 Å². The smallest absolute Gasteiger partial charge is 0.228 e. The molecule has 3 aromatic rings. The number of halogens is 2. The van der Waals surface area contributed by atoms with E-state index < -0.39 is 0 Å². The summed E-state index contributed by atoms with van der Waals surface area (Å²) in [7, 11) is 0. The Morgan fingerprint density at radius 1 is 1.23 bits per heavy atom. The van der Waals surface area contributed by atoms with Gasteiger partial charge in [-0.25, -0.2) is 9.07 Å². The Bertz CT molecular complexity index is 1010. The van der Waals surface area contributed by atoms with E-state index in [1.165, 1.54) is 17.0 Å². The van der Waals surface area contributed by atoms with Gasteiger partial charge in [0, 0.05) is 25.7 Å². The van der Waals surface area contributed by atoms with Gasteiger partial charge in [-0.3, -0.25) is 14.6 Å². The van der Waals surface area contributed by atoms with Crippen molar-refractivity contribution in [3.05, 3.63) is 71.5 Å². The quantitative estimate of drug-likeness (QED) is 0.596. The molecule has 0 bridgehead atoms. The van der Waals surface area contributed by atoms with E-state index in [4.69, 9.17) is 11.6 Å². The standard InChI is InChI=1S/C21H21ClFN5O2/c1-2-27(18-14-28(26-21(18)22)17-4-3-10-24-13-17)20(30)9-11-25-19(29)12-15-5-7-16(23)8-6-15/h3-8,10,13-14H,2,9,11-12H2,1H3,(H,25,29). The minimum absolute atomic E-state index is 0.109. The Labute approximate surface area is 178 Å². The molecule has 2 amide bonds. The predicted octanol–water partition coefficient (Wildman–Crippen LogP) is 3.16. The molecule has 3 rings (SSSR count). The highest BCUT2D eigenvalue weighted by molar-refractivity contribution is 6.32. The molecule has 7 nitrogen and oxygen atoms in total. The molecule has 0 radical (unpaired) electrons. The second-order valence-electron chi connectivity index (χ2n) is 6.50. The molecule has 9 heteroatoms. The molecule has 1 N–H and O–H groups in total. The third-order valence-electron chi connectivity index (χ3n) is 4.41. The first-order chi connectivity index (χ1) is 14.5. The topological polar surface area (TPSA) is 80.1 Å². The van der Waals surface area contributed by atoms with E-state index in [-0.39, 0.29) is 42.2 Å². The first-order valence-corrected chi connectivity index (χ1v) is 9.82. The zero-order chi connectivity index (χ0) is 21.5. The Balaban J connectivity index is 1.57. The SMILES string of the molecule is CCN(C(=O)CCNC(=O)Cc1ccc(F)cc1)c1cn(-c2cccnc2)nc1Cl. The van der Waals surface area contributed by atoms with E-state index >= 15 is 0 Å². The fraction of sp³-hybridized carbons (Fsp3) is 0.238. The number of nitrogens with zero attached hydrogens (tertiary/aromatic N) is 4. The van der Waals surface area contributed by atoms with Crippen LogP contribution in [-0.2, 0) is 16.0 Å². The Kier molecular flexibility index (Phi) is 7.13. The van der Waals surface area contributed by atoms with E-state index in [0.717, 1.165) is 5.69 Å². The lowest BCUT2D eigenvalue weighted by atomic mass is 10.1. The van der Waals surface area contributed by atoms with Crippen molar-refractivity contribution in [2.75, 3.05) is 18.0 Å². The highest BCUT2D eigenvalue weighted by atomic mass is 35.5. The molecular formula is C21H21ClFN5O2. The number of nitrogens with one attached hydrogen (secondary N) is 1. The number of benzene rings is 1. The van der Waals surface area contributed by atoms with Crippen LogP contribution < -0.4 is 10.2 Å². The summed E-state index contributed by atoms with van der Waals surface area (Å²) in [6.07, 6.45) is 5.20. The lowest BCUT2D eigenvalue weighted by Gasteiger charge is -2.19. The molecule has 0 aliphatic carbocycles. The van der Waals surface area contributed by atoms with E-state index in [0.29, 0.717) is 17.8 Å². The molecular weight excluding hydrogens is 409 g/mol. The number of anilines is 1. The lowest BCUT2D eigenvalue weighted by molar-refractivity contribution is -0.121. The van der Waals surface area contributed by atoms with Gasteiger partial charge < -0.3 is 10.2 Å². The summed E-state index contributed by atoms with van der Waals surface area (Å²) in [5.41, 5.74) is 1.91. The molecule has 2 heterocycles. The lowest BCUT2D eigenvalue weighted by Crippen LogP contribution is -2.35. The molecule has 0 saturated carbocycles. The molecule has 2 aromatic heterocycles. The van der Waals surface area contributed by atoms with Gasteiger partial charge >= 0.3 is 0 Å². The minimum Gasteiger partial charge on any atom is -0.355 e. The number of pyridine rings is 1. The number of rotatable bonds is 8. The predicted molar refractivity (Wildman–Crippen MR) is 112 cm³/mol. The van der Waals surface area contributed by atoms with Crippen molar-refractivity contribution in [3.8, 4) is 5.69 Å². The van der Waals surface area contributed by atoms with Gasteiger partial charge in [-0.05, 0) is 36.8 Å². The number of carbonyl (C=O) groups excluding carboxylic acids is 2. The summed E-state index contributed by atoms with van der Waals surface area (Å²) in [5, 5.41) is 7.16. The molecule has 156 valence electrons. The van der Waals surface area contributed by atoms with E-state index in [1.54, 1.807) is 41.5 Å². The van der Waals surface area contributed by atoms with Gasteiger partial charge in [0.15, 0.2) is 5.15 Å². The van der Waals surface area contributed by atoms with Crippen LogP contribution >= 0.6 is 11.6 Å². The van der Waals surface area contributed by atoms with Crippen molar-refractivity contribution < 1.29 is 14.0 Å². The van der Waals surface area contributed by atoms with Gasteiger partial charge in [-0.2, -0.15) is 5.10 Å². The molecule has 0 aliphatic heterocycles. The fourth-order valence-corrected chi connectivity index (χ4v) is 3.15. The normalized spacial score (nSPS) is 10.6. The molecule has 0 unspecified atom stereocenters. The summed E-state index contributed by atoms with van der Waals surface area (Å²) >= 11 is 6.26. The summed E-state index contributed by atoms with van der Waals surface area (Å²) in [6.45, 7) is 2.42. The number of aromatic nitrogens is 3. The summed E-state index contributed by atoms with van der Waals surface area (Å²) in [6, 6.07) is 9.33. The van der Waals surface area contributed by atoms with Gasteiger partial charge in [-0.1, -0.05) is 23.7 Å². The summed E-state index contributed by atoms with van der Waals surface area (Å²) < 4.78 is 14.5. The highest BCUT2D eigenvalue weighted by Crippen LogP contribution is 2.26. The number of amides is 2. The zero-order valence-electron chi connectivity index (χ0n) is 16.4. The van der Waals surface area contributed by atoms with Crippen molar-refractivity contribution in [1.29, 1.82) is 0 Å². The van der Waals surface area contributed by atoms with E-state index in [1.807, 2.05) is 13.0 Å². The van der Waals surface area contributed by atoms with Crippen molar-refractivity contribution in [2.45, 2.75) is 19.8 Å². The van der Waals surface area contributed by atoms with Crippen LogP contribution in [0.3, 0.4) is 0 Å². The van der Waals surface area contributed by atoms with Crippen LogP contribution in [0.4, 0.5) is 10.1 Å². The average Bonchev–Trinajstić information content (AvgIpc) is 3.12. The van der Waals surface area contributed by atoms with Crippen molar-refractivity contribution in [2.24, 2.45) is 0 Å². The number of hydrogen-bond acceptors (Lipinski definition) is 4. The molecule has 1 aromatic carbocycles. The van der Waals surface area contributed by atoms with Crippen LogP contribution in [0.15, 0.2) is 55.0 Å². The van der Waals surface area contributed by atoms with Gasteiger partial charge in [0.05, 0.1) is 24.5 Å². The Hall–Kier alpha value is -3.26. The molecule has 30 heavy (non-hydrogen) atoms. The largest absolute Gasteiger partial charge is 0.355 e. The van der Waals surface area contributed by atoms with Gasteiger partial charge in [0.1, 0.15) is 11.5 Å². The molecule has 0 aliphatic rings. The third-order valence-corrected chi connectivity index (χ3v) is 4.68. The van der Waals surface area contributed by atoms with Gasteiger partial charge in [0.2, 0.25) is 11.8 Å².